The lowest BCUT2D eigenvalue weighted by Crippen LogP contribution is -2.13. The average molecular weight is 529 g/mol. The first kappa shape index (κ1) is 16.0. The van der Waals surface area contributed by atoms with E-state index in [-0.39, 0.29) is 5.91 Å². The number of para-hydroxylation sites is 1. The van der Waals surface area contributed by atoms with Gasteiger partial charge in [0.05, 0.1) is 10.0 Å². The van der Waals surface area contributed by atoms with Crippen molar-refractivity contribution >= 4 is 75.6 Å². The molecule has 0 spiro atoms. The quantitative estimate of drug-likeness (QED) is 0.503. The molecular weight excluding hydrogens is 522 g/mol. The monoisotopic (exact) mass is 525 g/mol. The second-order valence-electron chi connectivity index (χ2n) is 3.76. The zero-order valence-electron chi connectivity index (χ0n) is 9.79. The Morgan fingerprint density at radius 3 is 2.30 bits per heavy atom. The standard InChI is InChI=1S/C13H7Br4NO2/c14-9-6-8(12(20-17)11(16)10(9)15)13(19)18-7-4-2-1-3-5-7/h1-6H,(H,18,19). The number of benzene rings is 2. The maximum absolute atomic E-state index is 12.3. The van der Waals surface area contributed by atoms with E-state index < -0.39 is 0 Å². The molecule has 20 heavy (non-hydrogen) atoms. The minimum absolute atomic E-state index is 0.264. The zero-order chi connectivity index (χ0) is 14.7. The molecule has 1 amide bonds. The van der Waals surface area contributed by atoms with Crippen LogP contribution in [-0.4, -0.2) is 5.91 Å². The van der Waals surface area contributed by atoms with Gasteiger partial charge in [0.25, 0.3) is 5.91 Å². The molecule has 0 heterocycles. The Labute approximate surface area is 149 Å². The van der Waals surface area contributed by atoms with Crippen LogP contribution in [0.4, 0.5) is 5.69 Å². The Hall–Kier alpha value is -0.370. The Balaban J connectivity index is 2.40. The number of carbonyl (C=O) groups excluding carboxylic acids is 1. The van der Waals surface area contributed by atoms with Crippen LogP contribution in [-0.2, 0) is 0 Å². The Morgan fingerprint density at radius 2 is 1.70 bits per heavy atom. The van der Waals surface area contributed by atoms with Crippen molar-refractivity contribution in [3.8, 4) is 5.75 Å². The molecule has 0 aliphatic rings. The van der Waals surface area contributed by atoms with Crippen LogP contribution in [0.25, 0.3) is 0 Å². The predicted molar refractivity (Wildman–Crippen MR) is 93.5 cm³/mol. The van der Waals surface area contributed by atoms with E-state index in [9.17, 15) is 4.79 Å². The Morgan fingerprint density at radius 1 is 1.05 bits per heavy atom. The van der Waals surface area contributed by atoms with E-state index in [1.54, 1.807) is 6.07 Å². The third-order valence-electron chi connectivity index (χ3n) is 2.47. The Bertz CT molecular complexity index is 647. The van der Waals surface area contributed by atoms with Crippen molar-refractivity contribution in [2.45, 2.75) is 0 Å². The number of hydrogen-bond donors (Lipinski definition) is 1. The second-order valence-corrected chi connectivity index (χ2v) is 6.52. The van der Waals surface area contributed by atoms with Crippen molar-refractivity contribution < 1.29 is 8.62 Å². The van der Waals surface area contributed by atoms with Crippen LogP contribution in [0.5, 0.6) is 5.75 Å². The van der Waals surface area contributed by atoms with E-state index in [0.29, 0.717) is 21.5 Å². The molecule has 1 N–H and O–H groups in total. The molecule has 0 saturated heterocycles. The van der Waals surface area contributed by atoms with Crippen LogP contribution in [0.2, 0.25) is 0 Å². The SMILES string of the molecule is O=C(Nc1ccccc1)c1cc(Br)c(Br)c(Br)c1OBr. The molecule has 0 unspecified atom stereocenters. The van der Waals surface area contributed by atoms with E-state index >= 15 is 0 Å². The highest BCUT2D eigenvalue weighted by Crippen LogP contribution is 2.41. The molecule has 3 nitrogen and oxygen atoms in total. The van der Waals surface area contributed by atoms with Crippen molar-refractivity contribution in [1.82, 2.24) is 0 Å². The topological polar surface area (TPSA) is 38.3 Å². The fourth-order valence-electron chi connectivity index (χ4n) is 1.54. The van der Waals surface area contributed by atoms with Gasteiger partial charge in [-0.3, -0.25) is 4.79 Å². The van der Waals surface area contributed by atoms with E-state index in [4.69, 9.17) is 3.83 Å². The summed E-state index contributed by atoms with van der Waals surface area (Å²) in [5.41, 5.74) is 1.11. The third-order valence-corrected chi connectivity index (χ3v) is 6.06. The van der Waals surface area contributed by atoms with Gasteiger partial charge >= 0.3 is 0 Å². The van der Waals surface area contributed by atoms with Crippen molar-refractivity contribution in [3.63, 3.8) is 0 Å². The molecule has 0 aliphatic carbocycles. The molecule has 104 valence electrons. The largest absolute Gasteiger partial charge is 0.416 e. The van der Waals surface area contributed by atoms with Gasteiger partial charge in [-0.2, -0.15) is 0 Å². The molecule has 0 bridgehead atoms. The number of rotatable bonds is 3. The summed E-state index contributed by atoms with van der Waals surface area (Å²) in [6.07, 6.45) is 0. The summed E-state index contributed by atoms with van der Waals surface area (Å²) in [5.74, 6) is 0.132. The van der Waals surface area contributed by atoms with Crippen molar-refractivity contribution in [3.05, 3.63) is 55.4 Å². The predicted octanol–water partition coefficient (Wildman–Crippen LogP) is 5.92. The number of hydrogen-bond acceptors (Lipinski definition) is 2. The molecular formula is C13H7Br4NO2. The minimum Gasteiger partial charge on any atom is -0.416 e. The van der Waals surface area contributed by atoms with Crippen LogP contribution in [0.1, 0.15) is 10.4 Å². The third kappa shape index (κ3) is 3.44. The molecule has 7 heteroatoms. The van der Waals surface area contributed by atoms with Crippen LogP contribution in [0.3, 0.4) is 0 Å². The van der Waals surface area contributed by atoms with E-state index in [1.807, 2.05) is 30.3 Å². The highest BCUT2D eigenvalue weighted by Gasteiger charge is 2.20. The van der Waals surface area contributed by atoms with Gasteiger partial charge in [-0.1, -0.05) is 18.2 Å². The van der Waals surface area contributed by atoms with Crippen LogP contribution >= 0.6 is 64.0 Å². The lowest BCUT2D eigenvalue weighted by Gasteiger charge is -2.12. The number of anilines is 1. The van der Waals surface area contributed by atoms with Gasteiger partial charge in [0.1, 0.15) is 0 Å². The van der Waals surface area contributed by atoms with Crippen molar-refractivity contribution in [2.75, 3.05) is 5.32 Å². The number of carbonyl (C=O) groups is 1. The zero-order valence-corrected chi connectivity index (χ0v) is 16.1. The first-order valence-corrected chi connectivity index (χ1v) is 8.39. The molecule has 0 radical (unpaired) electrons. The minimum atomic E-state index is -0.264. The van der Waals surface area contributed by atoms with E-state index in [2.05, 4.69) is 69.4 Å². The van der Waals surface area contributed by atoms with Gasteiger partial charge in [0, 0.05) is 14.6 Å². The first-order valence-electron chi connectivity index (χ1n) is 5.37. The molecule has 0 saturated carbocycles. The first-order chi connectivity index (χ1) is 9.54. The Kier molecular flexibility index (Phi) is 5.65. The smallest absolute Gasteiger partial charge is 0.259 e. The summed E-state index contributed by atoms with van der Waals surface area (Å²) in [6.45, 7) is 0. The lowest BCUT2D eigenvalue weighted by atomic mass is 10.2. The molecule has 0 atom stereocenters. The second kappa shape index (κ2) is 7.06. The molecule has 0 aromatic heterocycles. The molecule has 2 aromatic rings. The van der Waals surface area contributed by atoms with E-state index in [1.165, 1.54) is 0 Å². The van der Waals surface area contributed by atoms with Gasteiger partial charge in [-0.15, -0.1) is 0 Å². The molecule has 0 fully saturated rings. The molecule has 2 rings (SSSR count). The summed E-state index contributed by atoms with van der Waals surface area (Å²) in [6, 6.07) is 10.9. The summed E-state index contributed by atoms with van der Waals surface area (Å²) in [5, 5.41) is 2.81. The van der Waals surface area contributed by atoms with Crippen LogP contribution in [0, 0.1) is 0 Å². The fourth-order valence-corrected chi connectivity index (χ4v) is 3.59. The van der Waals surface area contributed by atoms with Crippen molar-refractivity contribution in [1.29, 1.82) is 0 Å². The van der Waals surface area contributed by atoms with Crippen molar-refractivity contribution in [2.24, 2.45) is 0 Å². The summed E-state index contributed by atoms with van der Waals surface area (Å²) in [7, 11) is 0. The van der Waals surface area contributed by atoms with Crippen LogP contribution in [0.15, 0.2) is 49.8 Å². The highest BCUT2D eigenvalue weighted by atomic mass is 79.9. The molecule has 0 aliphatic heterocycles. The lowest BCUT2D eigenvalue weighted by molar-refractivity contribution is 0.102. The van der Waals surface area contributed by atoms with Gasteiger partial charge in [0.2, 0.25) is 0 Å². The van der Waals surface area contributed by atoms with Gasteiger partial charge in [-0.25, -0.2) is 0 Å². The summed E-state index contributed by atoms with van der Waals surface area (Å²) < 4.78 is 7.28. The summed E-state index contributed by atoms with van der Waals surface area (Å²) >= 11 is 13.1. The van der Waals surface area contributed by atoms with Gasteiger partial charge in [0.15, 0.2) is 22.0 Å². The highest BCUT2D eigenvalue weighted by molar-refractivity contribution is 9.14. The van der Waals surface area contributed by atoms with E-state index in [0.717, 1.165) is 8.95 Å². The van der Waals surface area contributed by atoms with Gasteiger partial charge in [-0.05, 0) is 66.0 Å². The fraction of sp³-hybridized carbons (Fsp3) is 0. The maximum Gasteiger partial charge on any atom is 0.259 e. The maximum atomic E-state index is 12.3. The normalized spacial score (nSPS) is 10.2. The van der Waals surface area contributed by atoms with Crippen LogP contribution < -0.4 is 9.15 Å². The number of halogens is 4. The summed E-state index contributed by atoms with van der Waals surface area (Å²) in [4.78, 5) is 12.3. The number of amides is 1. The molecule has 2 aromatic carbocycles. The van der Waals surface area contributed by atoms with Gasteiger partial charge < -0.3 is 9.15 Å². The average Bonchev–Trinajstić information content (AvgIpc) is 2.45. The number of nitrogens with one attached hydrogen (secondary N) is 1.